The molecule has 0 spiro atoms. The van der Waals surface area contributed by atoms with Crippen LogP contribution in [-0.4, -0.2) is 49.9 Å². The van der Waals surface area contributed by atoms with Crippen molar-refractivity contribution in [3.8, 4) is 5.75 Å². The van der Waals surface area contributed by atoms with E-state index in [1.165, 1.54) is 5.56 Å². The van der Waals surface area contributed by atoms with Gasteiger partial charge < -0.3 is 9.64 Å². The molecule has 2 aliphatic rings. The second-order valence-corrected chi connectivity index (χ2v) is 8.71. The fourth-order valence-electron chi connectivity index (χ4n) is 3.12. The molecule has 0 aromatic heterocycles. The van der Waals surface area contributed by atoms with Gasteiger partial charge in [0.1, 0.15) is 21.7 Å². The third kappa shape index (κ3) is 3.86. The largest absolute Gasteiger partial charge is 0.487 e. The molecule has 126 valence electrons. The second kappa shape index (κ2) is 6.51. The molecule has 23 heavy (non-hydrogen) atoms. The summed E-state index contributed by atoms with van der Waals surface area (Å²) in [6.07, 6.45) is 1.93. The molecule has 5 nitrogen and oxygen atoms in total. The number of sulfone groups is 1. The molecule has 2 saturated heterocycles. The van der Waals surface area contributed by atoms with Crippen LogP contribution in [0.15, 0.2) is 24.3 Å². The molecule has 3 rings (SSSR count). The van der Waals surface area contributed by atoms with Crippen LogP contribution in [0.4, 0.5) is 0 Å². The predicted molar refractivity (Wildman–Crippen MR) is 88.2 cm³/mol. The third-order valence-electron chi connectivity index (χ3n) is 4.67. The van der Waals surface area contributed by atoms with Gasteiger partial charge in [-0.15, -0.1) is 0 Å². The SMILES string of the molecule is CCc1cccc(OC2CN(C(=O)C3CCS(=O)(=O)CC3)C2)c1. The van der Waals surface area contributed by atoms with E-state index in [4.69, 9.17) is 4.74 Å². The van der Waals surface area contributed by atoms with Crippen molar-refractivity contribution >= 4 is 15.7 Å². The second-order valence-electron chi connectivity index (χ2n) is 6.41. The summed E-state index contributed by atoms with van der Waals surface area (Å²) in [5.41, 5.74) is 1.23. The van der Waals surface area contributed by atoms with Crippen LogP contribution in [0.1, 0.15) is 25.3 Å². The maximum atomic E-state index is 12.4. The molecular formula is C17H23NO4S. The molecule has 0 radical (unpaired) electrons. The molecule has 2 heterocycles. The predicted octanol–water partition coefficient (Wildman–Crippen LogP) is 1.66. The van der Waals surface area contributed by atoms with Crippen LogP contribution in [0.3, 0.4) is 0 Å². The Balaban J connectivity index is 1.48. The van der Waals surface area contributed by atoms with E-state index in [1.807, 2.05) is 18.2 Å². The number of benzene rings is 1. The summed E-state index contributed by atoms with van der Waals surface area (Å²) in [7, 11) is -2.92. The van der Waals surface area contributed by atoms with E-state index in [-0.39, 0.29) is 29.4 Å². The fourth-order valence-corrected chi connectivity index (χ4v) is 4.61. The minimum atomic E-state index is -2.92. The van der Waals surface area contributed by atoms with E-state index in [9.17, 15) is 13.2 Å². The van der Waals surface area contributed by atoms with Crippen molar-refractivity contribution in [1.29, 1.82) is 0 Å². The van der Waals surface area contributed by atoms with Crippen molar-refractivity contribution in [2.45, 2.75) is 32.3 Å². The van der Waals surface area contributed by atoms with Gasteiger partial charge in [0.25, 0.3) is 0 Å². The Kier molecular flexibility index (Phi) is 4.62. The summed E-state index contributed by atoms with van der Waals surface area (Å²) in [4.78, 5) is 14.2. The van der Waals surface area contributed by atoms with Crippen LogP contribution < -0.4 is 4.74 Å². The lowest BCUT2D eigenvalue weighted by Gasteiger charge is -2.41. The van der Waals surface area contributed by atoms with Crippen LogP contribution in [0.25, 0.3) is 0 Å². The van der Waals surface area contributed by atoms with Gasteiger partial charge in [-0.2, -0.15) is 0 Å². The molecule has 0 aliphatic carbocycles. The highest BCUT2D eigenvalue weighted by atomic mass is 32.2. The Morgan fingerprint density at radius 3 is 2.61 bits per heavy atom. The number of amides is 1. The molecule has 2 fully saturated rings. The quantitative estimate of drug-likeness (QED) is 0.838. The van der Waals surface area contributed by atoms with E-state index in [0.29, 0.717) is 25.9 Å². The molecule has 1 aromatic carbocycles. The number of aryl methyl sites for hydroxylation is 1. The Bertz CT molecular complexity index is 666. The lowest BCUT2D eigenvalue weighted by Crippen LogP contribution is -2.58. The highest BCUT2D eigenvalue weighted by molar-refractivity contribution is 7.91. The Hall–Kier alpha value is -1.56. The zero-order valence-corrected chi connectivity index (χ0v) is 14.2. The Morgan fingerprint density at radius 1 is 1.26 bits per heavy atom. The van der Waals surface area contributed by atoms with Crippen molar-refractivity contribution in [2.75, 3.05) is 24.6 Å². The van der Waals surface area contributed by atoms with Crippen molar-refractivity contribution < 1.29 is 17.9 Å². The van der Waals surface area contributed by atoms with Gasteiger partial charge in [-0.1, -0.05) is 19.1 Å². The minimum Gasteiger partial charge on any atom is -0.487 e. The summed E-state index contributed by atoms with van der Waals surface area (Å²) in [6, 6.07) is 8.03. The van der Waals surface area contributed by atoms with E-state index >= 15 is 0 Å². The first-order chi connectivity index (χ1) is 11.0. The number of likely N-dealkylation sites (tertiary alicyclic amines) is 1. The smallest absolute Gasteiger partial charge is 0.226 e. The summed E-state index contributed by atoms with van der Waals surface area (Å²) < 4.78 is 28.8. The normalized spacial score (nSPS) is 21.7. The van der Waals surface area contributed by atoms with Crippen LogP contribution in [0.2, 0.25) is 0 Å². The van der Waals surface area contributed by atoms with Crippen molar-refractivity contribution in [2.24, 2.45) is 5.92 Å². The topological polar surface area (TPSA) is 63.7 Å². The van der Waals surface area contributed by atoms with E-state index < -0.39 is 9.84 Å². The average molecular weight is 337 g/mol. The molecule has 0 saturated carbocycles. The first kappa shape index (κ1) is 16.3. The maximum Gasteiger partial charge on any atom is 0.226 e. The van der Waals surface area contributed by atoms with Gasteiger partial charge in [-0.05, 0) is 37.0 Å². The summed E-state index contributed by atoms with van der Waals surface area (Å²) in [6.45, 7) is 3.30. The summed E-state index contributed by atoms with van der Waals surface area (Å²) in [5.74, 6) is 1.08. The third-order valence-corrected chi connectivity index (χ3v) is 6.39. The van der Waals surface area contributed by atoms with Crippen LogP contribution >= 0.6 is 0 Å². The lowest BCUT2D eigenvalue weighted by atomic mass is 9.98. The van der Waals surface area contributed by atoms with Crippen LogP contribution in [0.5, 0.6) is 5.75 Å². The average Bonchev–Trinajstić information content (AvgIpc) is 2.50. The van der Waals surface area contributed by atoms with Crippen molar-refractivity contribution in [3.05, 3.63) is 29.8 Å². The number of carbonyl (C=O) groups excluding carboxylic acids is 1. The molecule has 1 aromatic rings. The van der Waals surface area contributed by atoms with Gasteiger partial charge in [0, 0.05) is 5.92 Å². The summed E-state index contributed by atoms with van der Waals surface area (Å²) >= 11 is 0. The number of hydrogen-bond acceptors (Lipinski definition) is 4. The van der Waals surface area contributed by atoms with Crippen LogP contribution in [0, 0.1) is 5.92 Å². The van der Waals surface area contributed by atoms with Crippen LogP contribution in [-0.2, 0) is 21.1 Å². The minimum absolute atomic E-state index is 0.0402. The van der Waals surface area contributed by atoms with E-state index in [2.05, 4.69) is 13.0 Å². The Morgan fingerprint density at radius 2 is 1.96 bits per heavy atom. The van der Waals surface area contributed by atoms with Gasteiger partial charge in [0.2, 0.25) is 5.91 Å². The molecule has 0 bridgehead atoms. The Labute approximate surface area is 137 Å². The molecule has 1 amide bonds. The monoisotopic (exact) mass is 337 g/mol. The van der Waals surface area contributed by atoms with Gasteiger partial charge in [0.05, 0.1) is 24.6 Å². The van der Waals surface area contributed by atoms with Gasteiger partial charge >= 0.3 is 0 Å². The highest BCUT2D eigenvalue weighted by Crippen LogP contribution is 2.25. The van der Waals surface area contributed by atoms with E-state index in [0.717, 1.165) is 12.2 Å². The zero-order valence-electron chi connectivity index (χ0n) is 13.4. The lowest BCUT2D eigenvalue weighted by molar-refractivity contribution is -0.144. The molecule has 6 heteroatoms. The number of nitrogens with zero attached hydrogens (tertiary/aromatic N) is 1. The fraction of sp³-hybridized carbons (Fsp3) is 0.588. The molecular weight excluding hydrogens is 314 g/mol. The number of rotatable bonds is 4. The zero-order chi connectivity index (χ0) is 16.4. The maximum absolute atomic E-state index is 12.4. The van der Waals surface area contributed by atoms with Crippen molar-refractivity contribution in [1.82, 2.24) is 4.90 Å². The summed E-state index contributed by atoms with van der Waals surface area (Å²) in [5, 5.41) is 0. The van der Waals surface area contributed by atoms with E-state index in [1.54, 1.807) is 4.90 Å². The standard InChI is InChI=1S/C17H23NO4S/c1-2-13-4-3-5-15(10-13)22-16-11-18(12-16)17(19)14-6-8-23(20,21)9-7-14/h3-5,10,14,16H,2,6-9,11-12H2,1H3. The first-order valence-electron chi connectivity index (χ1n) is 8.21. The molecule has 0 atom stereocenters. The van der Waals surface area contributed by atoms with Gasteiger partial charge in [-0.25, -0.2) is 8.42 Å². The number of ether oxygens (including phenoxy) is 1. The van der Waals surface area contributed by atoms with Gasteiger partial charge in [-0.3, -0.25) is 4.79 Å². The first-order valence-corrected chi connectivity index (χ1v) is 10.0. The van der Waals surface area contributed by atoms with Gasteiger partial charge in [0.15, 0.2) is 0 Å². The molecule has 2 aliphatic heterocycles. The highest BCUT2D eigenvalue weighted by Gasteiger charge is 2.37. The molecule has 0 unspecified atom stereocenters. The molecule has 0 N–H and O–H groups in total. The number of carbonyl (C=O) groups is 1. The van der Waals surface area contributed by atoms with Crippen molar-refractivity contribution in [3.63, 3.8) is 0 Å². The number of hydrogen-bond donors (Lipinski definition) is 0.